The number of carboxylic acid groups (broad SMARTS) is 2. The van der Waals surface area contributed by atoms with Crippen molar-refractivity contribution < 1.29 is 48.5 Å². The van der Waals surface area contributed by atoms with Crippen molar-refractivity contribution in [3.63, 3.8) is 0 Å². The number of fused-ring (bicyclic) bond motifs is 1. The minimum atomic E-state index is -1.82. The first-order valence-corrected chi connectivity index (χ1v) is 10.9. The molecule has 2 heterocycles. The Hall–Kier alpha value is -3.37. The summed E-state index contributed by atoms with van der Waals surface area (Å²) < 4.78 is 9.95. The van der Waals surface area contributed by atoms with Gasteiger partial charge in [0.15, 0.2) is 0 Å². The first-order chi connectivity index (χ1) is 15.9. The first-order valence-electron chi connectivity index (χ1n) is 9.88. The van der Waals surface area contributed by atoms with Crippen LogP contribution in [0.2, 0.25) is 0 Å². The average Bonchev–Trinajstić information content (AvgIpc) is 2.76. The highest BCUT2D eigenvalue weighted by atomic mass is 32.2. The summed E-state index contributed by atoms with van der Waals surface area (Å²) in [7, 11) is 1.18. The molecule has 0 aromatic rings. The molecule has 0 aliphatic carbocycles. The maximum atomic E-state index is 12.9. The third-order valence-corrected chi connectivity index (χ3v) is 6.44. The summed E-state index contributed by atoms with van der Waals surface area (Å²) in [6.45, 7) is -0.758. The molecule has 3 atom stereocenters. The van der Waals surface area contributed by atoms with Crippen molar-refractivity contribution in [3.8, 4) is 0 Å². The molecular weight excluding hydrogens is 478 g/mol. The first kappa shape index (κ1) is 26.9. The van der Waals surface area contributed by atoms with Gasteiger partial charge >= 0.3 is 18.0 Å². The zero-order valence-electron chi connectivity index (χ0n) is 18.1. The zero-order valence-corrected chi connectivity index (χ0v) is 18.9. The lowest BCUT2D eigenvalue weighted by atomic mass is 9.97. The zero-order chi connectivity index (χ0) is 25.6. The molecule has 15 nitrogen and oxygen atoms in total. The fourth-order valence-corrected chi connectivity index (χ4v) is 4.91. The standard InChI is InChI=1S/C18H25N5O10S/c1-32-18(22-11(25)4-2-3-9(13(26)27)21-5-10(19)24)15(30)23-12(14(28)29)8(6-33-17(20)31)7-34-16(18)23/h9,16,21H,2-7H2,1H3,(H2,19,24)(H2,20,31)(H,22,25)(H,26,27)(H,28,29). The number of β-lactam (4-membered cyclic amide) rings is 1. The third-order valence-electron chi connectivity index (χ3n) is 5.07. The molecule has 1 fully saturated rings. The molecule has 2 aliphatic rings. The van der Waals surface area contributed by atoms with Crippen molar-refractivity contribution in [2.75, 3.05) is 26.0 Å². The predicted molar refractivity (Wildman–Crippen MR) is 114 cm³/mol. The van der Waals surface area contributed by atoms with Crippen molar-refractivity contribution >= 4 is 47.5 Å². The van der Waals surface area contributed by atoms with E-state index in [1.165, 1.54) is 7.11 Å². The van der Waals surface area contributed by atoms with Gasteiger partial charge < -0.3 is 36.5 Å². The number of hydrogen-bond acceptors (Lipinski definition) is 10. The molecule has 4 amide bonds. The van der Waals surface area contributed by atoms with Crippen LogP contribution in [0.1, 0.15) is 19.3 Å². The molecule has 188 valence electrons. The number of rotatable bonds is 13. The normalized spacial score (nSPS) is 22.3. The van der Waals surface area contributed by atoms with Crippen molar-refractivity contribution in [2.24, 2.45) is 11.5 Å². The molecular formula is C18H25N5O10S. The number of thioether (sulfide) groups is 1. The molecule has 3 unspecified atom stereocenters. The number of carboxylic acids is 2. The van der Waals surface area contributed by atoms with E-state index in [4.69, 9.17) is 16.2 Å². The topological polar surface area (TPSA) is 241 Å². The summed E-state index contributed by atoms with van der Waals surface area (Å²) >= 11 is 1.09. The summed E-state index contributed by atoms with van der Waals surface area (Å²) in [6.07, 6.45) is -1.17. The number of carbonyl (C=O) groups is 6. The fourth-order valence-electron chi connectivity index (χ4n) is 3.49. The number of aliphatic carboxylic acids is 2. The SMILES string of the molecule is COC1(NC(=O)CCCC(NCC(N)=O)C(=O)O)C(=O)N2C(C(=O)O)=C(COC(N)=O)CSC21. The molecule has 16 heteroatoms. The number of nitrogens with zero attached hydrogens (tertiary/aromatic N) is 1. The van der Waals surface area contributed by atoms with Gasteiger partial charge in [0.1, 0.15) is 23.7 Å². The van der Waals surface area contributed by atoms with Gasteiger partial charge in [0.25, 0.3) is 11.6 Å². The Morgan fingerprint density at radius 2 is 1.94 bits per heavy atom. The highest BCUT2D eigenvalue weighted by Gasteiger charge is 2.66. The number of primary amides is 2. The van der Waals surface area contributed by atoms with Crippen LogP contribution in [0, 0.1) is 0 Å². The van der Waals surface area contributed by atoms with Crippen LogP contribution in [0.4, 0.5) is 4.79 Å². The second kappa shape index (κ2) is 11.2. The Kier molecular flexibility index (Phi) is 8.83. The molecule has 2 aliphatic heterocycles. The monoisotopic (exact) mass is 503 g/mol. The Balaban J connectivity index is 2.04. The molecule has 2 rings (SSSR count). The van der Waals surface area contributed by atoms with Crippen LogP contribution in [0.3, 0.4) is 0 Å². The summed E-state index contributed by atoms with van der Waals surface area (Å²) in [5.41, 5.74) is 7.84. The van der Waals surface area contributed by atoms with Crippen LogP contribution >= 0.6 is 11.8 Å². The molecule has 0 saturated carbocycles. The number of carbonyl (C=O) groups excluding carboxylic acids is 4. The van der Waals surface area contributed by atoms with Crippen molar-refractivity contribution in [1.29, 1.82) is 0 Å². The highest BCUT2D eigenvalue weighted by Crippen LogP contribution is 2.46. The van der Waals surface area contributed by atoms with Crippen LogP contribution in [-0.2, 0) is 33.4 Å². The lowest BCUT2D eigenvalue weighted by Crippen LogP contribution is -2.80. The molecule has 1 saturated heterocycles. The molecule has 34 heavy (non-hydrogen) atoms. The number of nitrogens with one attached hydrogen (secondary N) is 2. The van der Waals surface area contributed by atoms with E-state index in [2.05, 4.69) is 15.4 Å². The molecule has 0 bridgehead atoms. The predicted octanol–water partition coefficient (Wildman–Crippen LogP) is -2.51. The average molecular weight is 503 g/mol. The fraction of sp³-hybridized carbons (Fsp3) is 0.556. The molecule has 8 N–H and O–H groups in total. The van der Waals surface area contributed by atoms with E-state index in [0.29, 0.717) is 0 Å². The van der Waals surface area contributed by atoms with E-state index in [1.54, 1.807) is 0 Å². The van der Waals surface area contributed by atoms with Gasteiger partial charge in [-0.3, -0.25) is 29.4 Å². The van der Waals surface area contributed by atoms with Gasteiger partial charge in [-0.25, -0.2) is 9.59 Å². The quantitative estimate of drug-likeness (QED) is 0.113. The number of methoxy groups -OCH3 is 1. The van der Waals surface area contributed by atoms with Gasteiger partial charge in [0.2, 0.25) is 11.8 Å². The molecule has 0 spiro atoms. The summed E-state index contributed by atoms with van der Waals surface area (Å²) in [5, 5.41) is 22.8. The maximum Gasteiger partial charge on any atom is 0.404 e. The lowest BCUT2D eigenvalue weighted by Gasteiger charge is -2.55. The summed E-state index contributed by atoms with van der Waals surface area (Å²) in [6, 6.07) is -1.10. The summed E-state index contributed by atoms with van der Waals surface area (Å²) in [5.74, 6) is -4.78. The largest absolute Gasteiger partial charge is 0.480 e. The van der Waals surface area contributed by atoms with E-state index in [1.807, 2.05) is 0 Å². The maximum absolute atomic E-state index is 12.9. The Morgan fingerprint density at radius 3 is 2.47 bits per heavy atom. The Labute approximate surface area is 197 Å². The Bertz CT molecular complexity index is 925. The third kappa shape index (κ3) is 5.75. The van der Waals surface area contributed by atoms with Crippen molar-refractivity contribution in [2.45, 2.75) is 36.4 Å². The molecule has 0 radical (unpaired) electrons. The second-order valence-corrected chi connectivity index (χ2v) is 8.39. The lowest BCUT2D eigenvalue weighted by molar-refractivity contribution is -0.192. The van der Waals surface area contributed by atoms with Gasteiger partial charge in [-0.1, -0.05) is 0 Å². The van der Waals surface area contributed by atoms with Crippen LogP contribution in [0.15, 0.2) is 11.3 Å². The van der Waals surface area contributed by atoms with E-state index >= 15 is 0 Å². The molecule has 0 aromatic carbocycles. The van der Waals surface area contributed by atoms with Gasteiger partial charge in [-0.05, 0) is 12.8 Å². The smallest absolute Gasteiger partial charge is 0.404 e. The number of ether oxygens (including phenoxy) is 2. The van der Waals surface area contributed by atoms with E-state index in [-0.39, 0.29) is 42.8 Å². The van der Waals surface area contributed by atoms with E-state index < -0.39 is 59.5 Å². The van der Waals surface area contributed by atoms with Crippen LogP contribution in [0.5, 0.6) is 0 Å². The van der Waals surface area contributed by atoms with Crippen LogP contribution in [0.25, 0.3) is 0 Å². The van der Waals surface area contributed by atoms with Crippen LogP contribution < -0.4 is 22.1 Å². The van der Waals surface area contributed by atoms with Crippen molar-refractivity contribution in [3.05, 3.63) is 11.3 Å². The number of hydrogen-bond donors (Lipinski definition) is 6. The van der Waals surface area contributed by atoms with Gasteiger partial charge in [0.05, 0.1) is 6.54 Å². The molecule has 0 aromatic heterocycles. The van der Waals surface area contributed by atoms with Gasteiger partial charge in [0, 0.05) is 24.9 Å². The minimum absolute atomic E-state index is 0.00336. The van der Waals surface area contributed by atoms with Crippen molar-refractivity contribution in [1.82, 2.24) is 15.5 Å². The second-order valence-electron chi connectivity index (χ2n) is 7.32. The van der Waals surface area contributed by atoms with Gasteiger partial charge in [-0.2, -0.15) is 0 Å². The van der Waals surface area contributed by atoms with Gasteiger partial charge in [-0.15, -0.1) is 11.8 Å². The van der Waals surface area contributed by atoms with E-state index in [9.17, 15) is 39.0 Å². The number of nitrogens with two attached hydrogens (primary N) is 2. The highest BCUT2D eigenvalue weighted by molar-refractivity contribution is 8.00. The van der Waals surface area contributed by atoms with E-state index in [0.717, 1.165) is 16.7 Å². The minimum Gasteiger partial charge on any atom is -0.480 e. The number of amides is 4. The van der Waals surface area contributed by atoms with Crippen LogP contribution in [-0.4, -0.2) is 94.0 Å². The summed E-state index contributed by atoms with van der Waals surface area (Å²) in [4.78, 5) is 71.0. The Morgan fingerprint density at radius 1 is 1.26 bits per heavy atom.